The molecular weight excluding hydrogens is 507 g/mol. The highest BCUT2D eigenvalue weighted by Crippen LogP contribution is 2.34. The Hall–Kier alpha value is -3.73. The molecule has 8 nitrogen and oxygen atoms in total. The normalized spacial score (nSPS) is 16.2. The van der Waals surface area contributed by atoms with E-state index in [2.05, 4.69) is 25.4 Å². The van der Waals surface area contributed by atoms with E-state index in [1.807, 2.05) is 57.7 Å². The second-order valence-corrected chi connectivity index (χ2v) is 11.1. The van der Waals surface area contributed by atoms with E-state index in [-0.39, 0.29) is 5.56 Å². The maximum atomic E-state index is 13.6. The lowest BCUT2D eigenvalue weighted by molar-refractivity contribution is -0.137. The molecular formula is C28H32F3N7O. The van der Waals surface area contributed by atoms with Crippen LogP contribution in [0.2, 0.25) is 0 Å². The van der Waals surface area contributed by atoms with Crippen LogP contribution >= 0.6 is 0 Å². The fourth-order valence-electron chi connectivity index (χ4n) is 5.25. The summed E-state index contributed by atoms with van der Waals surface area (Å²) >= 11 is 0. The first-order chi connectivity index (χ1) is 18.3. The van der Waals surface area contributed by atoms with Gasteiger partial charge in [-0.25, -0.2) is 4.68 Å². The zero-order chi connectivity index (χ0) is 28.1. The van der Waals surface area contributed by atoms with Crippen molar-refractivity contribution in [2.75, 3.05) is 31.1 Å². The molecule has 0 aliphatic carbocycles. The van der Waals surface area contributed by atoms with Crippen LogP contribution in [0.3, 0.4) is 0 Å². The molecule has 1 aliphatic rings. The Morgan fingerprint density at radius 2 is 1.64 bits per heavy atom. The van der Waals surface area contributed by atoms with Crippen LogP contribution in [0.4, 0.5) is 18.9 Å². The van der Waals surface area contributed by atoms with Crippen LogP contribution in [0.1, 0.15) is 54.9 Å². The minimum absolute atomic E-state index is 0.218. The van der Waals surface area contributed by atoms with Gasteiger partial charge in [0.1, 0.15) is 6.04 Å². The van der Waals surface area contributed by atoms with E-state index < -0.39 is 23.3 Å². The third-order valence-electron chi connectivity index (χ3n) is 7.36. The van der Waals surface area contributed by atoms with E-state index in [1.165, 1.54) is 12.1 Å². The van der Waals surface area contributed by atoms with Crippen molar-refractivity contribution in [2.45, 2.75) is 52.4 Å². The molecule has 1 atom stereocenters. The quantitative estimate of drug-likeness (QED) is 0.401. The number of anilines is 1. The molecule has 4 aromatic rings. The number of nitrogens with one attached hydrogen (secondary N) is 1. The largest absolute Gasteiger partial charge is 0.416 e. The van der Waals surface area contributed by atoms with Gasteiger partial charge in [0.2, 0.25) is 0 Å². The molecule has 0 spiro atoms. The van der Waals surface area contributed by atoms with Gasteiger partial charge in [-0.1, -0.05) is 18.2 Å². The molecule has 1 aliphatic heterocycles. The third kappa shape index (κ3) is 5.15. The van der Waals surface area contributed by atoms with E-state index in [1.54, 1.807) is 10.7 Å². The number of fused-ring (bicyclic) bond motifs is 1. The molecule has 39 heavy (non-hydrogen) atoms. The average Bonchev–Trinajstić information content (AvgIpc) is 3.37. The highest BCUT2D eigenvalue weighted by molar-refractivity contribution is 5.85. The van der Waals surface area contributed by atoms with Crippen molar-refractivity contribution >= 4 is 16.6 Å². The van der Waals surface area contributed by atoms with E-state index in [0.717, 1.165) is 28.1 Å². The Morgan fingerprint density at radius 3 is 2.31 bits per heavy atom. The average molecular weight is 540 g/mol. The number of nitrogens with zero attached hydrogens (tertiary/aromatic N) is 6. The van der Waals surface area contributed by atoms with Crippen molar-refractivity contribution < 1.29 is 13.2 Å². The van der Waals surface area contributed by atoms with Gasteiger partial charge in [0, 0.05) is 42.8 Å². The number of rotatable bonds is 4. The van der Waals surface area contributed by atoms with E-state index in [4.69, 9.17) is 0 Å². The van der Waals surface area contributed by atoms with E-state index >= 15 is 0 Å². The molecule has 0 bridgehead atoms. The first kappa shape index (κ1) is 26.9. The van der Waals surface area contributed by atoms with Crippen LogP contribution in [-0.2, 0) is 11.7 Å². The Balaban J connectivity index is 1.55. The molecule has 5 rings (SSSR count). The second-order valence-electron chi connectivity index (χ2n) is 11.1. The Bertz CT molecular complexity index is 1560. The van der Waals surface area contributed by atoms with Gasteiger partial charge in [-0.15, -0.1) is 5.10 Å². The molecule has 1 saturated heterocycles. The van der Waals surface area contributed by atoms with Crippen molar-refractivity contribution in [2.24, 2.45) is 0 Å². The highest BCUT2D eigenvalue weighted by atomic mass is 19.4. The van der Waals surface area contributed by atoms with Gasteiger partial charge in [0.05, 0.1) is 16.6 Å². The molecule has 3 heterocycles. The van der Waals surface area contributed by atoms with Crippen LogP contribution in [-0.4, -0.2) is 56.3 Å². The third-order valence-corrected chi connectivity index (χ3v) is 7.36. The monoisotopic (exact) mass is 539 g/mol. The minimum atomic E-state index is -4.40. The molecule has 1 fully saturated rings. The van der Waals surface area contributed by atoms with Crippen LogP contribution in [0, 0.1) is 13.8 Å². The number of pyridine rings is 1. The number of hydrogen-bond acceptors (Lipinski definition) is 6. The summed E-state index contributed by atoms with van der Waals surface area (Å²) in [4.78, 5) is 20.7. The number of halogens is 3. The lowest BCUT2D eigenvalue weighted by atomic mass is 9.98. The smallest absolute Gasteiger partial charge is 0.369 e. The summed E-state index contributed by atoms with van der Waals surface area (Å²) in [5.41, 5.74) is 2.55. The molecule has 0 amide bonds. The summed E-state index contributed by atoms with van der Waals surface area (Å²) < 4.78 is 41.7. The molecule has 0 radical (unpaired) electrons. The van der Waals surface area contributed by atoms with Crippen molar-refractivity contribution in [1.82, 2.24) is 30.1 Å². The van der Waals surface area contributed by atoms with Crippen LogP contribution in [0.25, 0.3) is 10.9 Å². The molecule has 2 aromatic carbocycles. The molecule has 1 unspecified atom stereocenters. The summed E-state index contributed by atoms with van der Waals surface area (Å²) in [6, 6.07) is 10.8. The fraction of sp³-hybridized carbons (Fsp3) is 0.429. The van der Waals surface area contributed by atoms with Crippen molar-refractivity contribution in [3.63, 3.8) is 0 Å². The zero-order valence-electron chi connectivity index (χ0n) is 22.7. The number of tetrazole rings is 1. The molecule has 11 heteroatoms. The first-order valence-electron chi connectivity index (χ1n) is 12.9. The van der Waals surface area contributed by atoms with Crippen LogP contribution in [0.5, 0.6) is 0 Å². The summed E-state index contributed by atoms with van der Waals surface area (Å²) in [5, 5.41) is 13.5. The minimum Gasteiger partial charge on any atom is -0.369 e. The van der Waals surface area contributed by atoms with Gasteiger partial charge in [0.15, 0.2) is 5.82 Å². The van der Waals surface area contributed by atoms with Crippen molar-refractivity contribution in [3.8, 4) is 0 Å². The molecule has 2 aromatic heterocycles. The highest BCUT2D eigenvalue weighted by Gasteiger charge is 2.36. The van der Waals surface area contributed by atoms with Gasteiger partial charge in [-0.3, -0.25) is 9.69 Å². The molecule has 0 saturated carbocycles. The molecule has 206 valence electrons. The summed E-state index contributed by atoms with van der Waals surface area (Å²) in [5.74, 6) is 0.546. The standard InChI is InChI=1S/C28H32F3N7O/c1-17-9-10-18(2)23-21(17)16-22(26(39)32-23)24(25-33-34-35-38(25)27(3,4)5)37-13-11-36(12-14-37)20-8-6-7-19(15-20)28(29,30)31/h6-10,15-16,24H,11-14H2,1-5H3,(H,32,39). The topological polar surface area (TPSA) is 82.9 Å². The Morgan fingerprint density at radius 1 is 0.949 bits per heavy atom. The van der Waals surface area contributed by atoms with Gasteiger partial charge in [0.25, 0.3) is 5.56 Å². The maximum Gasteiger partial charge on any atom is 0.416 e. The predicted octanol–water partition coefficient (Wildman–Crippen LogP) is 4.82. The SMILES string of the molecule is Cc1ccc(C)c2[nH]c(=O)c(C(c3nnnn3C(C)(C)C)N3CCN(c4cccc(C(F)(F)F)c4)CC3)cc12. The number of aromatic nitrogens is 5. The summed E-state index contributed by atoms with van der Waals surface area (Å²) in [7, 11) is 0. The van der Waals surface area contributed by atoms with Gasteiger partial charge < -0.3 is 9.88 Å². The Kier molecular flexibility index (Phi) is 6.74. The Labute approximate surface area is 224 Å². The lowest BCUT2D eigenvalue weighted by Crippen LogP contribution is -2.49. The number of aromatic amines is 1. The number of aryl methyl sites for hydroxylation is 2. The maximum absolute atomic E-state index is 13.6. The second kappa shape index (κ2) is 9.78. The van der Waals surface area contributed by atoms with E-state index in [0.29, 0.717) is 43.3 Å². The first-order valence-corrected chi connectivity index (χ1v) is 12.9. The summed E-state index contributed by atoms with van der Waals surface area (Å²) in [6.45, 7) is 11.9. The van der Waals surface area contributed by atoms with Crippen LogP contribution < -0.4 is 10.5 Å². The van der Waals surface area contributed by atoms with Gasteiger partial charge >= 0.3 is 6.18 Å². The van der Waals surface area contributed by atoms with Gasteiger partial charge in [-0.2, -0.15) is 13.2 Å². The van der Waals surface area contributed by atoms with Crippen LogP contribution in [0.15, 0.2) is 47.3 Å². The van der Waals surface area contributed by atoms with Crippen molar-refractivity contribution in [1.29, 1.82) is 0 Å². The number of benzene rings is 2. The number of H-pyrrole nitrogens is 1. The van der Waals surface area contributed by atoms with Crippen molar-refractivity contribution in [3.05, 3.63) is 80.9 Å². The zero-order valence-corrected chi connectivity index (χ0v) is 22.7. The summed E-state index contributed by atoms with van der Waals surface area (Å²) in [6.07, 6.45) is -4.40. The number of alkyl halides is 3. The molecule has 1 N–H and O–H groups in total. The van der Waals surface area contributed by atoms with E-state index in [9.17, 15) is 18.0 Å². The predicted molar refractivity (Wildman–Crippen MR) is 144 cm³/mol. The number of hydrogen-bond donors (Lipinski definition) is 1. The number of piperazine rings is 1. The lowest BCUT2D eigenvalue weighted by Gasteiger charge is -2.40. The van der Waals surface area contributed by atoms with Gasteiger partial charge in [-0.05, 0) is 80.4 Å². The fourth-order valence-corrected chi connectivity index (χ4v) is 5.25.